The highest BCUT2D eigenvalue weighted by molar-refractivity contribution is 9.10. The van der Waals surface area contributed by atoms with Crippen LogP contribution in [0.5, 0.6) is 5.75 Å². The lowest BCUT2D eigenvalue weighted by molar-refractivity contribution is 0.416. The zero-order valence-corrected chi connectivity index (χ0v) is 17.6. The summed E-state index contributed by atoms with van der Waals surface area (Å²) in [7, 11) is 1.70. The van der Waals surface area contributed by atoms with Crippen LogP contribution in [0.25, 0.3) is 16.9 Å². The molecule has 2 heterocycles. The minimum atomic E-state index is 0.833. The topological polar surface area (TPSA) is 39.1 Å². The molecule has 0 fully saturated rings. The number of hydrogen-bond donors (Lipinski definition) is 1. The summed E-state index contributed by atoms with van der Waals surface area (Å²) in [6, 6.07) is 14.3. The van der Waals surface area contributed by atoms with Gasteiger partial charge in [0, 0.05) is 26.6 Å². The molecule has 1 aromatic heterocycles. The van der Waals surface area contributed by atoms with Crippen molar-refractivity contribution in [3.63, 3.8) is 0 Å². The lowest BCUT2D eigenvalue weighted by atomic mass is 10.0. The second-order valence-electron chi connectivity index (χ2n) is 6.30. The van der Waals surface area contributed by atoms with E-state index in [0.29, 0.717) is 0 Å². The van der Waals surface area contributed by atoms with Crippen LogP contribution in [0.1, 0.15) is 18.4 Å². The number of nitrogens with one attached hydrogen (secondary N) is 1. The summed E-state index contributed by atoms with van der Waals surface area (Å²) in [6.45, 7) is 0.960. The molecular formula is C20H19Br2N3O. The normalized spacial score (nSPS) is 13.7. The number of nitrogens with zero attached hydrogens (tertiary/aromatic N) is 2. The van der Waals surface area contributed by atoms with E-state index in [4.69, 9.17) is 9.84 Å². The smallest absolute Gasteiger partial charge is 0.133 e. The van der Waals surface area contributed by atoms with Crippen LogP contribution >= 0.6 is 31.9 Å². The van der Waals surface area contributed by atoms with Gasteiger partial charge in [0.25, 0.3) is 0 Å². The predicted molar refractivity (Wildman–Crippen MR) is 112 cm³/mol. The summed E-state index contributed by atoms with van der Waals surface area (Å²) < 4.78 is 9.68. The van der Waals surface area contributed by atoms with Gasteiger partial charge in [0.15, 0.2) is 0 Å². The van der Waals surface area contributed by atoms with Gasteiger partial charge in [-0.05, 0) is 55.7 Å². The van der Waals surface area contributed by atoms with Crippen molar-refractivity contribution in [3.05, 3.63) is 57.0 Å². The van der Waals surface area contributed by atoms with Crippen molar-refractivity contribution in [1.82, 2.24) is 9.78 Å². The number of fused-ring (bicyclic) bond motifs is 1. The molecule has 0 spiro atoms. The number of rotatable bonds is 3. The maximum atomic E-state index is 5.61. The largest absolute Gasteiger partial charge is 0.496 e. The fourth-order valence-electron chi connectivity index (χ4n) is 3.38. The number of ether oxygens (including phenoxy) is 1. The van der Waals surface area contributed by atoms with Gasteiger partial charge in [0.05, 0.1) is 12.8 Å². The molecule has 26 heavy (non-hydrogen) atoms. The molecule has 0 saturated heterocycles. The van der Waals surface area contributed by atoms with Gasteiger partial charge in [0.1, 0.15) is 17.3 Å². The molecule has 0 aliphatic carbocycles. The second-order valence-corrected chi connectivity index (χ2v) is 8.13. The zero-order valence-electron chi connectivity index (χ0n) is 14.4. The molecule has 0 bridgehead atoms. The Kier molecular flexibility index (Phi) is 5.05. The van der Waals surface area contributed by atoms with E-state index in [0.717, 1.165) is 63.3 Å². The quantitative estimate of drug-likeness (QED) is 0.517. The minimum absolute atomic E-state index is 0.833. The van der Waals surface area contributed by atoms with Gasteiger partial charge in [-0.3, -0.25) is 0 Å². The molecule has 1 N–H and O–H groups in total. The van der Waals surface area contributed by atoms with Crippen molar-refractivity contribution in [1.29, 1.82) is 0 Å². The van der Waals surface area contributed by atoms with Gasteiger partial charge in [-0.2, -0.15) is 5.10 Å². The second kappa shape index (κ2) is 7.45. The van der Waals surface area contributed by atoms with E-state index in [2.05, 4.69) is 55.4 Å². The fraction of sp³-hybridized carbons (Fsp3) is 0.250. The third-order valence-electron chi connectivity index (χ3n) is 4.60. The van der Waals surface area contributed by atoms with Gasteiger partial charge in [-0.1, -0.05) is 37.9 Å². The first-order valence-corrected chi connectivity index (χ1v) is 10.2. The van der Waals surface area contributed by atoms with Crippen molar-refractivity contribution in [2.75, 3.05) is 19.0 Å². The molecule has 4 rings (SSSR count). The Labute approximate surface area is 169 Å². The molecule has 0 radical (unpaired) electrons. The van der Waals surface area contributed by atoms with Crippen LogP contribution in [0.3, 0.4) is 0 Å². The highest BCUT2D eigenvalue weighted by Gasteiger charge is 2.23. The Morgan fingerprint density at radius 1 is 1.08 bits per heavy atom. The summed E-state index contributed by atoms with van der Waals surface area (Å²) >= 11 is 7.15. The van der Waals surface area contributed by atoms with E-state index in [1.54, 1.807) is 7.11 Å². The van der Waals surface area contributed by atoms with Crippen molar-refractivity contribution in [3.8, 4) is 22.7 Å². The predicted octanol–water partition coefficient (Wildman–Crippen LogP) is 5.82. The number of methoxy groups -OCH3 is 1. The van der Waals surface area contributed by atoms with E-state index in [1.807, 2.05) is 28.9 Å². The maximum absolute atomic E-state index is 5.61. The zero-order chi connectivity index (χ0) is 18.1. The van der Waals surface area contributed by atoms with Crippen molar-refractivity contribution < 1.29 is 4.74 Å². The van der Waals surface area contributed by atoms with Crippen LogP contribution in [0.4, 0.5) is 5.82 Å². The molecule has 0 unspecified atom stereocenters. The average molecular weight is 477 g/mol. The lowest BCUT2D eigenvalue weighted by Gasteiger charge is -2.09. The van der Waals surface area contributed by atoms with E-state index < -0.39 is 0 Å². The van der Waals surface area contributed by atoms with Crippen LogP contribution in [0.15, 0.2) is 51.4 Å². The summed E-state index contributed by atoms with van der Waals surface area (Å²) in [5, 5.41) is 8.58. The maximum Gasteiger partial charge on any atom is 0.133 e. The van der Waals surface area contributed by atoms with Crippen LogP contribution in [-0.4, -0.2) is 23.4 Å². The number of aromatic nitrogens is 2. The van der Waals surface area contributed by atoms with E-state index in [-0.39, 0.29) is 0 Å². The number of halogens is 2. The number of anilines is 1. The molecule has 0 atom stereocenters. The number of hydrogen-bond acceptors (Lipinski definition) is 3. The standard InChI is InChI=1S/C20H19Br2N3O/c1-26-18-9-8-14(22)12-17(18)19-16-7-2-3-10-23-20(16)25(24-19)15-6-4-5-13(21)11-15/h4-6,8-9,11-12,23H,2-3,7,10H2,1H3. The molecule has 4 nitrogen and oxygen atoms in total. The van der Waals surface area contributed by atoms with E-state index in [1.165, 1.54) is 5.56 Å². The SMILES string of the molecule is COc1ccc(Br)cc1-c1nn(-c2cccc(Br)c2)c2c1CCCCN2. The van der Waals surface area contributed by atoms with Crippen LogP contribution < -0.4 is 10.1 Å². The van der Waals surface area contributed by atoms with Crippen LogP contribution in [-0.2, 0) is 6.42 Å². The average Bonchev–Trinajstić information content (AvgIpc) is 2.82. The highest BCUT2D eigenvalue weighted by atomic mass is 79.9. The molecule has 6 heteroatoms. The third-order valence-corrected chi connectivity index (χ3v) is 5.59. The summed E-state index contributed by atoms with van der Waals surface area (Å²) in [4.78, 5) is 0. The van der Waals surface area contributed by atoms with Gasteiger partial charge < -0.3 is 10.1 Å². The summed E-state index contributed by atoms with van der Waals surface area (Å²) in [5.41, 5.74) is 4.27. The van der Waals surface area contributed by atoms with Gasteiger partial charge in [-0.25, -0.2) is 4.68 Å². The molecule has 1 aliphatic heterocycles. The summed E-state index contributed by atoms with van der Waals surface area (Å²) in [6.07, 6.45) is 3.30. The van der Waals surface area contributed by atoms with Crippen LogP contribution in [0, 0.1) is 0 Å². The molecule has 1 aliphatic rings. The van der Waals surface area contributed by atoms with E-state index >= 15 is 0 Å². The molecular weight excluding hydrogens is 458 g/mol. The van der Waals surface area contributed by atoms with Gasteiger partial charge in [0.2, 0.25) is 0 Å². The molecule has 0 amide bonds. The first-order valence-electron chi connectivity index (χ1n) is 8.63. The van der Waals surface area contributed by atoms with Gasteiger partial charge in [-0.15, -0.1) is 0 Å². The Bertz CT molecular complexity index is 952. The first-order chi connectivity index (χ1) is 12.7. The fourth-order valence-corrected chi connectivity index (χ4v) is 4.13. The minimum Gasteiger partial charge on any atom is -0.496 e. The highest BCUT2D eigenvalue weighted by Crippen LogP contribution is 2.39. The molecule has 0 saturated carbocycles. The van der Waals surface area contributed by atoms with Crippen molar-refractivity contribution in [2.24, 2.45) is 0 Å². The van der Waals surface area contributed by atoms with Crippen molar-refractivity contribution in [2.45, 2.75) is 19.3 Å². The lowest BCUT2D eigenvalue weighted by Crippen LogP contribution is -2.07. The first kappa shape index (κ1) is 17.6. The monoisotopic (exact) mass is 475 g/mol. The van der Waals surface area contributed by atoms with Gasteiger partial charge >= 0.3 is 0 Å². The van der Waals surface area contributed by atoms with Crippen molar-refractivity contribution >= 4 is 37.7 Å². The molecule has 3 aromatic rings. The Morgan fingerprint density at radius 2 is 1.92 bits per heavy atom. The summed E-state index contributed by atoms with van der Waals surface area (Å²) in [5.74, 6) is 1.91. The Hall–Kier alpha value is -1.79. The Morgan fingerprint density at radius 3 is 2.73 bits per heavy atom. The van der Waals surface area contributed by atoms with E-state index in [9.17, 15) is 0 Å². The molecule has 2 aromatic carbocycles. The van der Waals surface area contributed by atoms with Crippen LogP contribution in [0.2, 0.25) is 0 Å². The third kappa shape index (κ3) is 3.28. The molecule has 134 valence electrons. The number of benzene rings is 2. The Balaban J connectivity index is 1.95.